The summed E-state index contributed by atoms with van der Waals surface area (Å²) < 4.78 is 0. The van der Waals surface area contributed by atoms with Gasteiger partial charge in [-0.15, -0.1) is 11.3 Å². The van der Waals surface area contributed by atoms with Gasteiger partial charge in [0.05, 0.1) is 5.69 Å². The molecule has 0 radical (unpaired) electrons. The van der Waals surface area contributed by atoms with Crippen LogP contribution >= 0.6 is 11.3 Å². The van der Waals surface area contributed by atoms with Crippen LogP contribution in [0.25, 0.3) is 0 Å². The Morgan fingerprint density at radius 1 is 1.35 bits per heavy atom. The second-order valence-electron chi connectivity index (χ2n) is 6.59. The number of aromatic amines is 1. The normalized spacial score (nSPS) is 16.0. The number of nitrogens with zero attached hydrogens (tertiary/aromatic N) is 1. The molecule has 3 rings (SSSR count). The highest BCUT2D eigenvalue weighted by Crippen LogP contribution is 2.33. The molecule has 6 nitrogen and oxygen atoms in total. The van der Waals surface area contributed by atoms with Crippen molar-refractivity contribution in [3.63, 3.8) is 0 Å². The molecular formula is C16H17N3O3S. The number of ketones is 1. The average Bonchev–Trinajstić information content (AvgIpc) is 2.81. The van der Waals surface area contributed by atoms with Crippen molar-refractivity contribution in [3.05, 3.63) is 44.3 Å². The van der Waals surface area contributed by atoms with Gasteiger partial charge in [-0.3, -0.25) is 19.7 Å². The standard InChI is InChI=1S/C16H17N3O3S/c1-8-7-23-15(17-8)19-14(22)10-4-9-11(18-13(10)21)5-16(2,3)6-12(9)20/h4,7H,5-6H2,1-3H3,(H,18,21)(H,17,19,22). The lowest BCUT2D eigenvalue weighted by Gasteiger charge is -2.29. The minimum absolute atomic E-state index is 0.0494. The monoisotopic (exact) mass is 331 g/mol. The van der Waals surface area contributed by atoms with E-state index in [1.165, 1.54) is 17.4 Å². The van der Waals surface area contributed by atoms with Crippen molar-refractivity contribution < 1.29 is 9.59 Å². The van der Waals surface area contributed by atoms with E-state index in [2.05, 4.69) is 15.3 Å². The van der Waals surface area contributed by atoms with Crippen LogP contribution in [0.4, 0.5) is 5.13 Å². The van der Waals surface area contributed by atoms with Crippen molar-refractivity contribution in [2.75, 3.05) is 5.32 Å². The summed E-state index contributed by atoms with van der Waals surface area (Å²) in [5.41, 5.74) is 1.10. The highest BCUT2D eigenvalue weighted by atomic mass is 32.1. The van der Waals surface area contributed by atoms with E-state index in [4.69, 9.17) is 0 Å². The summed E-state index contributed by atoms with van der Waals surface area (Å²) in [5, 5.41) is 4.83. The van der Waals surface area contributed by atoms with E-state index in [1.54, 1.807) is 5.38 Å². The average molecular weight is 331 g/mol. The number of amides is 1. The number of thiazole rings is 1. The number of aromatic nitrogens is 2. The van der Waals surface area contributed by atoms with Crippen molar-refractivity contribution in [1.29, 1.82) is 0 Å². The number of H-pyrrole nitrogens is 1. The number of carbonyl (C=O) groups is 2. The number of rotatable bonds is 2. The van der Waals surface area contributed by atoms with E-state index >= 15 is 0 Å². The van der Waals surface area contributed by atoms with Crippen molar-refractivity contribution in [2.24, 2.45) is 5.41 Å². The fraction of sp³-hybridized carbons (Fsp3) is 0.375. The van der Waals surface area contributed by atoms with Gasteiger partial charge in [-0.1, -0.05) is 13.8 Å². The Hall–Kier alpha value is -2.28. The van der Waals surface area contributed by atoms with E-state index < -0.39 is 11.5 Å². The quantitative estimate of drug-likeness (QED) is 0.884. The van der Waals surface area contributed by atoms with Crippen LogP contribution in [0.15, 0.2) is 16.2 Å². The zero-order chi connectivity index (χ0) is 16.8. The summed E-state index contributed by atoms with van der Waals surface area (Å²) in [4.78, 5) is 43.6. The molecule has 0 saturated heterocycles. The summed E-state index contributed by atoms with van der Waals surface area (Å²) in [7, 11) is 0. The summed E-state index contributed by atoms with van der Waals surface area (Å²) in [6.07, 6.45) is 1.01. The lowest BCUT2D eigenvalue weighted by molar-refractivity contribution is 0.0910. The van der Waals surface area contributed by atoms with Crippen LogP contribution in [0.3, 0.4) is 0 Å². The molecule has 0 spiro atoms. The van der Waals surface area contributed by atoms with Crippen molar-refractivity contribution in [1.82, 2.24) is 9.97 Å². The topological polar surface area (TPSA) is 91.9 Å². The SMILES string of the molecule is Cc1csc(NC(=O)c2cc3c([nH]c2=O)CC(C)(C)CC3=O)n1. The molecule has 1 amide bonds. The van der Waals surface area contributed by atoms with Crippen molar-refractivity contribution in [2.45, 2.75) is 33.6 Å². The Morgan fingerprint density at radius 2 is 2.09 bits per heavy atom. The molecule has 0 atom stereocenters. The number of pyridine rings is 1. The third-order valence-electron chi connectivity index (χ3n) is 3.80. The highest BCUT2D eigenvalue weighted by molar-refractivity contribution is 7.13. The molecule has 0 fully saturated rings. The molecule has 0 aromatic carbocycles. The Balaban J connectivity index is 1.95. The van der Waals surface area contributed by atoms with E-state index in [-0.39, 0.29) is 16.8 Å². The first-order chi connectivity index (χ1) is 10.7. The molecule has 2 heterocycles. The first-order valence-corrected chi connectivity index (χ1v) is 8.16. The lowest BCUT2D eigenvalue weighted by atomic mass is 9.75. The molecule has 1 aliphatic carbocycles. The maximum absolute atomic E-state index is 12.3. The maximum Gasteiger partial charge on any atom is 0.263 e. The van der Waals surface area contributed by atoms with Gasteiger partial charge in [0.2, 0.25) is 0 Å². The molecule has 2 aromatic rings. The molecule has 1 aliphatic rings. The molecule has 0 aliphatic heterocycles. The molecule has 0 bridgehead atoms. The molecule has 0 saturated carbocycles. The van der Waals surface area contributed by atoms with E-state index in [0.717, 1.165) is 5.69 Å². The number of carbonyl (C=O) groups excluding carboxylic acids is 2. The summed E-state index contributed by atoms with van der Waals surface area (Å²) in [6, 6.07) is 1.40. The van der Waals surface area contributed by atoms with Crippen LogP contribution in [0, 0.1) is 12.3 Å². The molecule has 2 aromatic heterocycles. The van der Waals surface area contributed by atoms with Crippen LogP contribution in [-0.2, 0) is 6.42 Å². The number of hydrogen-bond acceptors (Lipinski definition) is 5. The van der Waals surface area contributed by atoms with Gasteiger partial charge < -0.3 is 4.98 Å². The van der Waals surface area contributed by atoms with Gasteiger partial charge in [0.15, 0.2) is 10.9 Å². The molecule has 0 unspecified atom stereocenters. The molecule has 7 heteroatoms. The number of nitrogens with one attached hydrogen (secondary N) is 2. The number of aryl methyl sites for hydroxylation is 1. The molecule has 23 heavy (non-hydrogen) atoms. The van der Waals surface area contributed by atoms with E-state index in [0.29, 0.717) is 29.2 Å². The van der Waals surface area contributed by atoms with Crippen LogP contribution in [0.2, 0.25) is 0 Å². The van der Waals surface area contributed by atoms with Gasteiger partial charge in [0.25, 0.3) is 11.5 Å². The highest BCUT2D eigenvalue weighted by Gasteiger charge is 2.32. The van der Waals surface area contributed by atoms with E-state index in [9.17, 15) is 14.4 Å². The summed E-state index contributed by atoms with van der Waals surface area (Å²) >= 11 is 1.29. The summed E-state index contributed by atoms with van der Waals surface area (Å²) in [6.45, 7) is 5.79. The van der Waals surface area contributed by atoms with Crippen molar-refractivity contribution >= 4 is 28.2 Å². The number of fused-ring (bicyclic) bond motifs is 1. The molecule has 120 valence electrons. The zero-order valence-corrected chi connectivity index (χ0v) is 14.0. The largest absolute Gasteiger partial charge is 0.325 e. The Labute approximate surface area is 137 Å². The van der Waals surface area contributed by atoms with Crippen molar-refractivity contribution in [3.8, 4) is 0 Å². The fourth-order valence-electron chi connectivity index (χ4n) is 2.77. The first-order valence-electron chi connectivity index (χ1n) is 7.28. The van der Waals surface area contributed by atoms with Gasteiger partial charge in [0.1, 0.15) is 5.56 Å². The Bertz CT molecular complexity index is 864. The second kappa shape index (κ2) is 5.42. The third-order valence-corrected chi connectivity index (χ3v) is 4.68. The Morgan fingerprint density at radius 3 is 2.74 bits per heavy atom. The fourth-order valence-corrected chi connectivity index (χ4v) is 3.46. The Kier molecular flexibility index (Phi) is 3.68. The van der Waals surface area contributed by atoms with Gasteiger partial charge in [-0.25, -0.2) is 4.98 Å². The first kappa shape index (κ1) is 15.6. The third kappa shape index (κ3) is 3.10. The number of anilines is 1. The zero-order valence-electron chi connectivity index (χ0n) is 13.1. The molecule has 2 N–H and O–H groups in total. The van der Waals surface area contributed by atoms with E-state index in [1.807, 2.05) is 20.8 Å². The predicted molar refractivity (Wildman–Crippen MR) is 88.3 cm³/mol. The van der Waals surface area contributed by atoms with Gasteiger partial charge >= 0.3 is 0 Å². The lowest BCUT2D eigenvalue weighted by Crippen LogP contribution is -2.32. The second-order valence-corrected chi connectivity index (χ2v) is 7.45. The van der Waals surface area contributed by atoms with Crippen LogP contribution in [0.1, 0.15) is 52.4 Å². The van der Waals surface area contributed by atoms with Crippen LogP contribution in [0.5, 0.6) is 0 Å². The van der Waals surface area contributed by atoms with Crippen LogP contribution in [-0.4, -0.2) is 21.7 Å². The number of Topliss-reactive ketones (excluding diaryl/α,β-unsaturated/α-hetero) is 1. The van der Waals surface area contributed by atoms with Gasteiger partial charge in [-0.2, -0.15) is 0 Å². The van der Waals surface area contributed by atoms with Gasteiger partial charge in [0, 0.05) is 23.1 Å². The predicted octanol–water partition coefficient (Wildman–Crippen LogP) is 2.55. The van der Waals surface area contributed by atoms with Crippen LogP contribution < -0.4 is 10.9 Å². The maximum atomic E-state index is 12.3. The summed E-state index contributed by atoms with van der Waals surface area (Å²) in [5.74, 6) is -0.604. The number of hydrogen-bond donors (Lipinski definition) is 2. The molecular weight excluding hydrogens is 314 g/mol. The minimum atomic E-state index is -0.555. The van der Waals surface area contributed by atoms with Gasteiger partial charge in [-0.05, 0) is 24.8 Å². The minimum Gasteiger partial charge on any atom is -0.325 e. The smallest absolute Gasteiger partial charge is 0.263 e.